The van der Waals surface area contributed by atoms with Crippen molar-refractivity contribution in [2.45, 2.75) is 84.0 Å². The van der Waals surface area contributed by atoms with Gasteiger partial charge in [-0.05, 0) is 48.7 Å². The Balaban J connectivity index is 1.46. The summed E-state index contributed by atoms with van der Waals surface area (Å²) in [5.41, 5.74) is 1.07. The average Bonchev–Trinajstić information content (AvgIpc) is 2.79. The van der Waals surface area contributed by atoms with Crippen molar-refractivity contribution in [2.24, 2.45) is 0 Å². The Labute approximate surface area is 195 Å². The molecule has 2 rings (SSSR count). The Bertz CT molecular complexity index is 712. The van der Waals surface area contributed by atoms with E-state index in [0.29, 0.717) is 0 Å². The fourth-order valence-electron chi connectivity index (χ4n) is 3.38. The van der Waals surface area contributed by atoms with Gasteiger partial charge in [-0.15, -0.1) is 0 Å². The summed E-state index contributed by atoms with van der Waals surface area (Å²) >= 11 is -0.225. The number of hydrogen-bond acceptors (Lipinski definition) is 1. The fraction of sp³-hybridized carbons (Fsp3) is 0.500. The van der Waals surface area contributed by atoms with E-state index in [9.17, 15) is 0 Å². The molecule has 0 aliphatic carbocycles. The van der Waals surface area contributed by atoms with Gasteiger partial charge in [0.05, 0.1) is 6.61 Å². The molecule has 2 aromatic carbocycles. The summed E-state index contributed by atoms with van der Waals surface area (Å²) in [5, 5.41) is 0. The maximum absolute atomic E-state index is 5.89. The van der Waals surface area contributed by atoms with Crippen LogP contribution in [0.3, 0.4) is 0 Å². The van der Waals surface area contributed by atoms with Gasteiger partial charge in [-0.3, -0.25) is 0 Å². The molecular formula is C28H38IO+. The first kappa shape index (κ1) is 24.8. The number of rotatable bonds is 15. The van der Waals surface area contributed by atoms with Crippen LogP contribution >= 0.6 is 0 Å². The van der Waals surface area contributed by atoms with Gasteiger partial charge in [0.1, 0.15) is 5.75 Å². The molecule has 30 heavy (non-hydrogen) atoms. The smallest absolute Gasteiger partial charge is 0.420 e. The molecular weight excluding hydrogens is 479 g/mol. The zero-order chi connectivity index (χ0) is 21.1. The molecule has 0 aromatic heterocycles. The minimum atomic E-state index is -0.225. The number of halogens is 1. The van der Waals surface area contributed by atoms with E-state index in [0.717, 1.165) is 24.3 Å². The predicted molar refractivity (Wildman–Crippen MR) is 125 cm³/mol. The fourth-order valence-corrected chi connectivity index (χ4v) is 4.91. The van der Waals surface area contributed by atoms with Gasteiger partial charge in [0, 0.05) is 5.56 Å². The van der Waals surface area contributed by atoms with Crippen LogP contribution in [0.4, 0.5) is 0 Å². The second kappa shape index (κ2) is 17.2. The predicted octanol–water partition coefficient (Wildman–Crippen LogP) is 5.03. The summed E-state index contributed by atoms with van der Waals surface area (Å²) in [5.74, 6) is 4.24. The van der Waals surface area contributed by atoms with Crippen molar-refractivity contribution in [3.05, 3.63) is 63.7 Å². The third-order valence-corrected chi connectivity index (χ3v) is 7.08. The van der Waals surface area contributed by atoms with E-state index in [1.54, 1.807) is 0 Å². The van der Waals surface area contributed by atoms with Gasteiger partial charge >= 0.3 is 21.2 Å². The first-order chi connectivity index (χ1) is 14.9. The highest BCUT2D eigenvalue weighted by atomic mass is 127. The van der Waals surface area contributed by atoms with Gasteiger partial charge in [0.2, 0.25) is 3.57 Å². The van der Waals surface area contributed by atoms with E-state index < -0.39 is 0 Å². The third-order valence-electron chi connectivity index (χ3n) is 5.20. The van der Waals surface area contributed by atoms with E-state index >= 15 is 0 Å². The highest BCUT2D eigenvalue weighted by molar-refractivity contribution is 5.37. The minimum absolute atomic E-state index is 0.225. The molecule has 0 heterocycles. The maximum Gasteiger partial charge on any atom is 0.420 e. The highest BCUT2D eigenvalue weighted by Crippen LogP contribution is 2.14. The van der Waals surface area contributed by atoms with Crippen LogP contribution < -0.4 is 25.9 Å². The molecule has 0 atom stereocenters. The van der Waals surface area contributed by atoms with Crippen molar-refractivity contribution in [3.63, 3.8) is 0 Å². The van der Waals surface area contributed by atoms with Crippen molar-refractivity contribution < 1.29 is 25.9 Å². The molecule has 0 N–H and O–H groups in total. The quantitative estimate of drug-likeness (QED) is 0.183. The zero-order valence-electron chi connectivity index (χ0n) is 18.7. The lowest BCUT2D eigenvalue weighted by atomic mass is 10.1. The standard InChI is InChI=1S/C28H38IO/c1-2-3-4-5-6-7-8-9-10-11-12-16-25-30-28-21-19-26(20-22-28)23-24-29-27-17-14-13-15-18-27/h13-15,17-22H,2-12,16,25H2,1H3/q+1. The molecule has 162 valence electrons. The van der Waals surface area contributed by atoms with E-state index in [2.05, 4.69) is 59.2 Å². The van der Waals surface area contributed by atoms with Crippen molar-refractivity contribution in [3.8, 4) is 15.6 Å². The lowest BCUT2D eigenvalue weighted by molar-refractivity contribution is -0.535. The molecule has 0 spiro atoms. The maximum atomic E-state index is 5.89. The molecule has 1 nitrogen and oxygen atoms in total. The Morgan fingerprint density at radius 2 is 1.23 bits per heavy atom. The normalized spacial score (nSPS) is 10.4. The summed E-state index contributed by atoms with van der Waals surface area (Å²) < 4.78 is 10.6. The second-order valence-electron chi connectivity index (χ2n) is 7.87. The van der Waals surface area contributed by atoms with Gasteiger partial charge in [-0.25, -0.2) is 0 Å². The van der Waals surface area contributed by atoms with E-state index in [4.69, 9.17) is 4.74 Å². The minimum Gasteiger partial charge on any atom is -0.494 e. The third kappa shape index (κ3) is 12.3. The lowest BCUT2D eigenvalue weighted by Gasteiger charge is -2.06. The van der Waals surface area contributed by atoms with Crippen molar-refractivity contribution in [2.75, 3.05) is 6.61 Å². The average molecular weight is 518 g/mol. The van der Waals surface area contributed by atoms with Gasteiger partial charge in [0.25, 0.3) is 0 Å². The Morgan fingerprint density at radius 1 is 0.667 bits per heavy atom. The Hall–Kier alpha value is -1.47. The van der Waals surface area contributed by atoms with Gasteiger partial charge in [-0.1, -0.05) is 95.8 Å². The van der Waals surface area contributed by atoms with Gasteiger partial charge in [0.15, 0.2) is 3.93 Å². The molecule has 0 radical (unpaired) electrons. The first-order valence-electron chi connectivity index (χ1n) is 11.8. The lowest BCUT2D eigenvalue weighted by Crippen LogP contribution is -3.59. The summed E-state index contributed by atoms with van der Waals surface area (Å²) in [6.45, 7) is 3.11. The molecule has 2 heteroatoms. The number of ether oxygens (including phenoxy) is 1. The van der Waals surface area contributed by atoms with Crippen molar-refractivity contribution >= 4 is 0 Å². The number of hydrogen-bond donors (Lipinski definition) is 0. The van der Waals surface area contributed by atoms with Crippen molar-refractivity contribution in [1.29, 1.82) is 0 Å². The largest absolute Gasteiger partial charge is 0.494 e. The molecule has 2 aromatic rings. The molecule has 0 saturated carbocycles. The Kier molecular flexibility index (Phi) is 14.2. The van der Waals surface area contributed by atoms with Gasteiger partial charge < -0.3 is 4.74 Å². The number of benzene rings is 2. The van der Waals surface area contributed by atoms with Crippen LogP contribution in [0.5, 0.6) is 5.75 Å². The topological polar surface area (TPSA) is 9.23 Å². The molecule has 0 fully saturated rings. The van der Waals surface area contributed by atoms with Gasteiger partial charge in [-0.2, -0.15) is 0 Å². The van der Waals surface area contributed by atoms with Crippen LogP contribution in [0.25, 0.3) is 0 Å². The van der Waals surface area contributed by atoms with E-state index in [1.165, 1.54) is 74.2 Å². The molecule has 0 saturated heterocycles. The first-order valence-corrected chi connectivity index (χ1v) is 14.0. The zero-order valence-corrected chi connectivity index (χ0v) is 20.8. The van der Waals surface area contributed by atoms with Crippen molar-refractivity contribution in [1.82, 2.24) is 0 Å². The van der Waals surface area contributed by atoms with E-state index in [1.807, 2.05) is 12.1 Å². The van der Waals surface area contributed by atoms with Crippen LogP contribution in [-0.2, 0) is 0 Å². The SMILES string of the molecule is CCCCCCCCCCCCCCOc1ccc(C#C[I+]c2ccccc2)cc1. The number of unbranched alkanes of at least 4 members (excludes halogenated alkanes) is 11. The van der Waals surface area contributed by atoms with Crippen LogP contribution in [0, 0.1) is 13.4 Å². The molecule has 0 aliphatic rings. The summed E-state index contributed by atoms with van der Waals surface area (Å²) in [6, 6.07) is 18.8. The van der Waals surface area contributed by atoms with Crippen LogP contribution in [0.2, 0.25) is 0 Å². The monoisotopic (exact) mass is 517 g/mol. The summed E-state index contributed by atoms with van der Waals surface area (Å²) in [4.78, 5) is 0. The molecule has 0 bridgehead atoms. The van der Waals surface area contributed by atoms with Crippen LogP contribution in [0.1, 0.15) is 89.5 Å². The molecule has 0 amide bonds. The van der Waals surface area contributed by atoms with Crippen LogP contribution in [0.15, 0.2) is 54.6 Å². The highest BCUT2D eigenvalue weighted by Gasteiger charge is 2.06. The Morgan fingerprint density at radius 3 is 1.83 bits per heavy atom. The van der Waals surface area contributed by atoms with E-state index in [-0.39, 0.29) is 21.2 Å². The summed E-state index contributed by atoms with van der Waals surface area (Å²) in [7, 11) is 0. The van der Waals surface area contributed by atoms with Crippen LogP contribution in [-0.4, -0.2) is 6.61 Å². The second-order valence-corrected chi connectivity index (χ2v) is 10.2. The molecule has 0 aliphatic heterocycles. The molecule has 0 unspecified atom stereocenters. The summed E-state index contributed by atoms with van der Waals surface area (Å²) in [6.07, 6.45) is 16.5.